The third kappa shape index (κ3) is 9.77. The molecule has 0 aliphatic carbocycles. The molecule has 0 saturated heterocycles. The van der Waals surface area contributed by atoms with E-state index in [1.165, 1.54) is 12.1 Å². The molecule has 0 amide bonds. The molecule has 47 heavy (non-hydrogen) atoms. The summed E-state index contributed by atoms with van der Waals surface area (Å²) in [5, 5.41) is 10.1. The Balaban J connectivity index is 0.000000417. The van der Waals surface area contributed by atoms with E-state index < -0.39 is 5.97 Å². The normalized spacial score (nSPS) is 9.19. The van der Waals surface area contributed by atoms with Crippen LogP contribution in [0.25, 0.3) is 0 Å². The van der Waals surface area contributed by atoms with Gasteiger partial charge in [-0.2, -0.15) is 0 Å². The van der Waals surface area contributed by atoms with Crippen molar-refractivity contribution in [3.05, 3.63) is 214 Å². The predicted molar refractivity (Wildman–Crippen MR) is 187 cm³/mol. The first-order valence-corrected chi connectivity index (χ1v) is 14.9. The second kappa shape index (κ2) is 16.8. The lowest BCUT2D eigenvalue weighted by Gasteiger charge is -2.05. The van der Waals surface area contributed by atoms with Gasteiger partial charge < -0.3 is 9.90 Å². The largest absolute Gasteiger partial charge is 0.545 e. The second-order valence-corrected chi connectivity index (χ2v) is 10.0. The van der Waals surface area contributed by atoms with Crippen molar-refractivity contribution in [2.24, 2.45) is 0 Å². The van der Waals surface area contributed by atoms with E-state index >= 15 is 0 Å². The van der Waals surface area contributed by atoms with Gasteiger partial charge in [0, 0.05) is 33.4 Å². The fraction of sp³-hybridized carbons (Fsp3) is 0. The summed E-state index contributed by atoms with van der Waals surface area (Å²) in [6.07, 6.45) is 0. The van der Waals surface area contributed by atoms with Crippen molar-refractivity contribution in [2.75, 3.05) is 0 Å². The summed E-state index contributed by atoms with van der Waals surface area (Å²) in [4.78, 5) is 10.1. The monoisotopic (exact) mass is 599 g/mol. The minimum atomic E-state index is -1.13. The summed E-state index contributed by atoms with van der Waals surface area (Å²) >= 11 is 0. The summed E-state index contributed by atoms with van der Waals surface area (Å²) in [5.41, 5.74) is 7.16. The summed E-state index contributed by atoms with van der Waals surface area (Å²) in [6.45, 7) is 0. The van der Waals surface area contributed by atoms with Gasteiger partial charge in [0.25, 0.3) is 0 Å². The molecule has 0 aliphatic rings. The van der Waals surface area contributed by atoms with Crippen LogP contribution >= 0.6 is 0 Å². The first-order valence-electron chi connectivity index (χ1n) is 14.9. The van der Waals surface area contributed by atoms with E-state index in [0.717, 1.165) is 44.5 Å². The van der Waals surface area contributed by atoms with Crippen LogP contribution in [0, 0.1) is 47.4 Å². The van der Waals surface area contributed by atoms with Crippen LogP contribution < -0.4 is 5.11 Å². The van der Waals surface area contributed by atoms with Gasteiger partial charge in [0.2, 0.25) is 0 Å². The first-order chi connectivity index (χ1) is 23.2. The van der Waals surface area contributed by atoms with E-state index in [-0.39, 0.29) is 5.56 Å². The molecule has 0 N–H and O–H groups in total. The molecular weight excluding hydrogens is 572 g/mol. The average Bonchev–Trinajstić information content (AvgIpc) is 3.14. The smallest absolute Gasteiger partial charge is 0.0715 e. The zero-order valence-electron chi connectivity index (χ0n) is 25.4. The van der Waals surface area contributed by atoms with Crippen molar-refractivity contribution in [2.45, 2.75) is 0 Å². The fourth-order valence-corrected chi connectivity index (χ4v) is 4.28. The van der Waals surface area contributed by atoms with Gasteiger partial charge in [0.1, 0.15) is 0 Å². The Hall–Kier alpha value is -6.97. The maximum Gasteiger partial charge on any atom is 0.0715 e. The highest BCUT2D eigenvalue weighted by Gasteiger charge is 2.09. The van der Waals surface area contributed by atoms with Gasteiger partial charge >= 0.3 is 0 Å². The van der Waals surface area contributed by atoms with Crippen molar-refractivity contribution >= 4 is 5.97 Å². The van der Waals surface area contributed by atoms with E-state index in [0.29, 0.717) is 0 Å². The molecule has 6 rings (SSSR count). The number of carbonyl (C=O) groups excluding carboxylic acids is 1. The average molecular weight is 600 g/mol. The number of hydrogen-bond acceptors (Lipinski definition) is 2. The molecule has 0 aliphatic heterocycles. The zero-order chi connectivity index (χ0) is 32.5. The standard InChI is InChI=1S/C38H22.C7H6O2/c1-5-13-31(14-6-1)21-25-35-27-28-36(26-22-32-15-7-2-8-16-32)38(30-24-34-19-11-4-12-20-34)37(35)29-23-33-17-9-3-10-18-33;8-7(9)6-4-2-1-3-5-6/h1-20,27-28H;1-5H,(H,8,9)/p-1. The van der Waals surface area contributed by atoms with Gasteiger partial charge in [-0.05, 0) is 66.2 Å². The molecule has 0 bridgehead atoms. The van der Waals surface area contributed by atoms with Crippen LogP contribution in [0.15, 0.2) is 164 Å². The molecule has 2 nitrogen and oxygen atoms in total. The van der Waals surface area contributed by atoms with Crippen LogP contribution in [0.2, 0.25) is 0 Å². The molecule has 220 valence electrons. The topological polar surface area (TPSA) is 40.1 Å². The van der Waals surface area contributed by atoms with Crippen LogP contribution in [-0.4, -0.2) is 5.97 Å². The lowest BCUT2D eigenvalue weighted by atomic mass is 9.95. The highest BCUT2D eigenvalue weighted by atomic mass is 16.4. The van der Waals surface area contributed by atoms with Gasteiger partial charge in [0.15, 0.2) is 0 Å². The number of carbonyl (C=O) groups is 1. The Morgan fingerprint density at radius 1 is 0.340 bits per heavy atom. The second-order valence-electron chi connectivity index (χ2n) is 10.0. The van der Waals surface area contributed by atoms with Gasteiger partial charge in [-0.15, -0.1) is 0 Å². The molecule has 2 heteroatoms. The van der Waals surface area contributed by atoms with Crippen molar-refractivity contribution in [3.63, 3.8) is 0 Å². The zero-order valence-corrected chi connectivity index (χ0v) is 25.4. The molecule has 0 spiro atoms. The predicted octanol–water partition coefficient (Wildman–Crippen LogP) is 7.34. The molecule has 0 fully saturated rings. The van der Waals surface area contributed by atoms with Gasteiger partial charge in [0.05, 0.1) is 17.1 Å². The van der Waals surface area contributed by atoms with Crippen LogP contribution in [0.5, 0.6) is 0 Å². The molecule has 0 unspecified atom stereocenters. The maximum absolute atomic E-state index is 10.1. The van der Waals surface area contributed by atoms with Crippen LogP contribution in [-0.2, 0) is 0 Å². The highest BCUT2D eigenvalue weighted by molar-refractivity contribution is 5.85. The number of carboxylic acids is 1. The lowest BCUT2D eigenvalue weighted by Crippen LogP contribution is -2.21. The van der Waals surface area contributed by atoms with E-state index in [1.807, 2.05) is 133 Å². The molecule has 6 aromatic rings. The molecular formula is C45H27O2-. The number of benzene rings is 6. The summed E-state index contributed by atoms with van der Waals surface area (Å²) < 4.78 is 0. The molecule has 0 saturated carbocycles. The van der Waals surface area contributed by atoms with E-state index in [9.17, 15) is 9.90 Å². The Morgan fingerprint density at radius 2 is 0.617 bits per heavy atom. The van der Waals surface area contributed by atoms with Crippen molar-refractivity contribution in [3.8, 4) is 47.4 Å². The molecule has 0 aromatic heterocycles. The summed E-state index contributed by atoms with van der Waals surface area (Å²) in [6, 6.07) is 51.8. The third-order valence-electron chi connectivity index (χ3n) is 6.66. The van der Waals surface area contributed by atoms with Crippen molar-refractivity contribution in [1.29, 1.82) is 0 Å². The van der Waals surface area contributed by atoms with Crippen LogP contribution in [0.1, 0.15) is 54.9 Å². The molecule has 0 heterocycles. The molecule has 0 radical (unpaired) electrons. The minimum Gasteiger partial charge on any atom is -0.545 e. The van der Waals surface area contributed by atoms with Gasteiger partial charge in [-0.25, -0.2) is 0 Å². The van der Waals surface area contributed by atoms with Crippen LogP contribution in [0.3, 0.4) is 0 Å². The minimum absolute atomic E-state index is 0.220. The Bertz CT molecular complexity index is 2050. The Labute approximate surface area is 276 Å². The highest BCUT2D eigenvalue weighted by Crippen LogP contribution is 2.19. The van der Waals surface area contributed by atoms with E-state index in [2.05, 4.69) is 47.4 Å². The number of rotatable bonds is 1. The lowest BCUT2D eigenvalue weighted by molar-refractivity contribution is -0.255. The first kappa shape index (κ1) is 31.5. The van der Waals surface area contributed by atoms with Crippen molar-refractivity contribution in [1.82, 2.24) is 0 Å². The Kier molecular flexibility index (Phi) is 11.2. The quantitative estimate of drug-likeness (QED) is 0.186. The molecule has 6 aromatic carbocycles. The molecule has 0 atom stereocenters. The third-order valence-corrected chi connectivity index (χ3v) is 6.66. The fourth-order valence-electron chi connectivity index (χ4n) is 4.28. The Morgan fingerprint density at radius 3 is 0.894 bits per heavy atom. The number of aromatic carboxylic acids is 1. The van der Waals surface area contributed by atoms with Gasteiger partial charge in [-0.3, -0.25) is 0 Å². The SMILES string of the molecule is C(#Cc1ccc(C#Cc2ccccc2)c(C#Cc2ccccc2)c1C#Cc1ccccc1)c1ccccc1.O=C([O-])c1ccccc1. The van der Waals surface area contributed by atoms with Gasteiger partial charge in [-0.1, -0.05) is 150 Å². The summed E-state index contributed by atoms with van der Waals surface area (Å²) in [7, 11) is 0. The maximum atomic E-state index is 10.1. The number of carboxylic acid groups (broad SMARTS) is 1. The van der Waals surface area contributed by atoms with Crippen molar-refractivity contribution < 1.29 is 9.90 Å². The van der Waals surface area contributed by atoms with Crippen LogP contribution in [0.4, 0.5) is 0 Å². The van der Waals surface area contributed by atoms with E-state index in [1.54, 1.807) is 18.2 Å². The summed E-state index contributed by atoms with van der Waals surface area (Å²) in [5.74, 6) is 25.5. The van der Waals surface area contributed by atoms with E-state index in [4.69, 9.17) is 0 Å². The number of hydrogen-bond donors (Lipinski definition) is 0.